The number of nitrogens with one attached hydrogen (secondary N) is 1. The summed E-state index contributed by atoms with van der Waals surface area (Å²) in [6.07, 6.45) is 0. The molecular weight excluding hydrogens is 398 g/mol. The van der Waals surface area contributed by atoms with Gasteiger partial charge in [0.25, 0.3) is 11.8 Å². The van der Waals surface area contributed by atoms with Crippen molar-refractivity contribution >= 4 is 34.8 Å². The summed E-state index contributed by atoms with van der Waals surface area (Å²) >= 11 is 6.16. The highest BCUT2D eigenvalue weighted by Crippen LogP contribution is 2.22. The number of hydrogen-bond donors (Lipinski definition) is 1. The summed E-state index contributed by atoms with van der Waals surface area (Å²) in [5, 5.41) is 3.40. The summed E-state index contributed by atoms with van der Waals surface area (Å²) in [5.74, 6) is -0.158. The van der Waals surface area contributed by atoms with Crippen molar-refractivity contribution in [2.24, 2.45) is 0 Å². The molecule has 30 heavy (non-hydrogen) atoms. The number of carbonyl (C=O) groups excluding carboxylic acids is 2. The summed E-state index contributed by atoms with van der Waals surface area (Å²) in [4.78, 5) is 29.1. The van der Waals surface area contributed by atoms with E-state index in [4.69, 9.17) is 11.6 Å². The molecule has 0 unspecified atom stereocenters. The molecular formula is C24H22ClN3O2. The maximum atomic E-state index is 12.7. The Labute approximate surface area is 180 Å². The van der Waals surface area contributed by atoms with Gasteiger partial charge in [-0.1, -0.05) is 41.9 Å². The molecule has 1 aliphatic heterocycles. The third-order valence-corrected chi connectivity index (χ3v) is 5.53. The highest BCUT2D eigenvalue weighted by atomic mass is 35.5. The first-order chi connectivity index (χ1) is 14.6. The molecule has 3 aromatic rings. The third-order valence-electron chi connectivity index (χ3n) is 5.20. The van der Waals surface area contributed by atoms with Crippen molar-refractivity contribution in [3.63, 3.8) is 0 Å². The van der Waals surface area contributed by atoms with E-state index in [2.05, 4.69) is 10.2 Å². The van der Waals surface area contributed by atoms with Crippen LogP contribution in [0.5, 0.6) is 0 Å². The minimum Gasteiger partial charge on any atom is -0.368 e. The van der Waals surface area contributed by atoms with Crippen LogP contribution < -0.4 is 10.2 Å². The monoisotopic (exact) mass is 419 g/mol. The van der Waals surface area contributed by atoms with Crippen molar-refractivity contribution in [1.82, 2.24) is 4.90 Å². The number of nitrogens with zero attached hydrogens (tertiary/aromatic N) is 2. The van der Waals surface area contributed by atoms with Gasteiger partial charge in [0.15, 0.2) is 0 Å². The zero-order chi connectivity index (χ0) is 20.9. The van der Waals surface area contributed by atoms with E-state index in [-0.39, 0.29) is 11.8 Å². The maximum absolute atomic E-state index is 12.7. The highest BCUT2D eigenvalue weighted by molar-refractivity contribution is 6.33. The van der Waals surface area contributed by atoms with E-state index >= 15 is 0 Å². The average Bonchev–Trinajstić information content (AvgIpc) is 2.80. The zero-order valence-electron chi connectivity index (χ0n) is 16.4. The molecule has 1 N–H and O–H groups in total. The summed E-state index contributed by atoms with van der Waals surface area (Å²) < 4.78 is 0. The molecule has 0 aliphatic carbocycles. The van der Waals surface area contributed by atoms with Gasteiger partial charge in [-0.2, -0.15) is 0 Å². The fraction of sp³-hybridized carbons (Fsp3) is 0.167. The second-order valence-corrected chi connectivity index (χ2v) is 7.53. The van der Waals surface area contributed by atoms with Crippen molar-refractivity contribution in [2.75, 3.05) is 36.4 Å². The molecule has 1 fully saturated rings. The summed E-state index contributed by atoms with van der Waals surface area (Å²) in [6, 6.07) is 24.1. The number of benzene rings is 3. The molecule has 1 saturated heterocycles. The van der Waals surface area contributed by atoms with Crippen molar-refractivity contribution in [1.29, 1.82) is 0 Å². The number of carbonyl (C=O) groups is 2. The summed E-state index contributed by atoms with van der Waals surface area (Å²) in [6.45, 7) is 2.75. The summed E-state index contributed by atoms with van der Waals surface area (Å²) in [7, 11) is 0. The van der Waals surface area contributed by atoms with E-state index in [9.17, 15) is 9.59 Å². The van der Waals surface area contributed by atoms with Gasteiger partial charge in [-0.05, 0) is 48.5 Å². The Bertz CT molecular complexity index is 1030. The molecule has 0 saturated carbocycles. The van der Waals surface area contributed by atoms with Crippen LogP contribution in [0.3, 0.4) is 0 Å². The fourth-order valence-corrected chi connectivity index (χ4v) is 3.74. The number of halogens is 1. The van der Waals surface area contributed by atoms with Gasteiger partial charge < -0.3 is 15.1 Å². The van der Waals surface area contributed by atoms with Crippen LogP contribution in [-0.2, 0) is 0 Å². The van der Waals surface area contributed by atoms with E-state index in [1.165, 1.54) is 0 Å². The standard InChI is InChI=1S/C24H22ClN3O2/c25-22-9-5-4-8-21(22)24(30)28-16-14-27(15-17-28)20-12-10-19(11-13-20)26-23(29)18-6-2-1-3-7-18/h1-13H,14-17H2,(H,26,29). The Balaban J connectivity index is 1.34. The highest BCUT2D eigenvalue weighted by Gasteiger charge is 2.23. The van der Waals surface area contributed by atoms with E-state index in [0.29, 0.717) is 29.2 Å². The molecule has 6 heteroatoms. The predicted octanol–water partition coefficient (Wildman–Crippen LogP) is 4.55. The topological polar surface area (TPSA) is 52.7 Å². The first-order valence-electron chi connectivity index (χ1n) is 9.87. The van der Waals surface area contributed by atoms with Crippen LogP contribution in [0, 0.1) is 0 Å². The van der Waals surface area contributed by atoms with Crippen molar-refractivity contribution in [3.8, 4) is 0 Å². The summed E-state index contributed by atoms with van der Waals surface area (Å²) in [5.41, 5.74) is 2.99. The molecule has 0 radical (unpaired) electrons. The fourth-order valence-electron chi connectivity index (χ4n) is 3.52. The molecule has 0 aromatic heterocycles. The van der Waals surface area contributed by atoms with E-state index in [1.54, 1.807) is 24.3 Å². The SMILES string of the molecule is O=C(Nc1ccc(N2CCN(C(=O)c3ccccc3Cl)CC2)cc1)c1ccccc1. The number of hydrogen-bond acceptors (Lipinski definition) is 3. The normalized spacial score (nSPS) is 13.8. The second kappa shape index (κ2) is 9.01. The van der Waals surface area contributed by atoms with Crippen LogP contribution >= 0.6 is 11.6 Å². The molecule has 1 aliphatic rings. The van der Waals surface area contributed by atoms with E-state index in [0.717, 1.165) is 24.5 Å². The minimum atomic E-state index is -0.130. The smallest absolute Gasteiger partial charge is 0.255 e. The predicted molar refractivity (Wildman–Crippen MR) is 120 cm³/mol. The van der Waals surface area contributed by atoms with Crippen molar-refractivity contribution in [3.05, 3.63) is 95.0 Å². The number of amides is 2. The molecule has 4 rings (SSSR count). The molecule has 5 nitrogen and oxygen atoms in total. The average molecular weight is 420 g/mol. The first-order valence-corrected chi connectivity index (χ1v) is 10.2. The second-order valence-electron chi connectivity index (χ2n) is 7.13. The zero-order valence-corrected chi connectivity index (χ0v) is 17.2. The van der Waals surface area contributed by atoms with Crippen LogP contribution in [0.15, 0.2) is 78.9 Å². The van der Waals surface area contributed by atoms with Gasteiger partial charge >= 0.3 is 0 Å². The van der Waals surface area contributed by atoms with Crippen LogP contribution in [0.1, 0.15) is 20.7 Å². The van der Waals surface area contributed by atoms with Crippen molar-refractivity contribution < 1.29 is 9.59 Å². The van der Waals surface area contributed by atoms with E-state index in [1.807, 2.05) is 59.5 Å². The molecule has 1 heterocycles. The lowest BCUT2D eigenvalue weighted by molar-refractivity contribution is 0.0747. The quantitative estimate of drug-likeness (QED) is 0.674. The van der Waals surface area contributed by atoms with Crippen LogP contribution in [0.25, 0.3) is 0 Å². The van der Waals surface area contributed by atoms with Gasteiger partial charge in [0.2, 0.25) is 0 Å². The number of anilines is 2. The number of piperazine rings is 1. The maximum Gasteiger partial charge on any atom is 0.255 e. The lowest BCUT2D eigenvalue weighted by Crippen LogP contribution is -2.48. The molecule has 2 amide bonds. The molecule has 0 spiro atoms. The Morgan fingerprint density at radius 3 is 2.07 bits per heavy atom. The molecule has 0 bridgehead atoms. The Morgan fingerprint density at radius 1 is 0.767 bits per heavy atom. The Kier molecular flexibility index (Phi) is 6.00. The molecule has 152 valence electrons. The molecule has 3 aromatic carbocycles. The van der Waals surface area contributed by atoms with Crippen LogP contribution in [0.2, 0.25) is 5.02 Å². The van der Waals surface area contributed by atoms with Gasteiger partial charge in [-0.3, -0.25) is 9.59 Å². The lowest BCUT2D eigenvalue weighted by Gasteiger charge is -2.36. The Morgan fingerprint density at radius 2 is 1.40 bits per heavy atom. The first kappa shape index (κ1) is 20.0. The molecule has 0 atom stereocenters. The van der Waals surface area contributed by atoms with Gasteiger partial charge in [0.05, 0.1) is 10.6 Å². The lowest BCUT2D eigenvalue weighted by atomic mass is 10.1. The van der Waals surface area contributed by atoms with Crippen LogP contribution in [-0.4, -0.2) is 42.9 Å². The van der Waals surface area contributed by atoms with Gasteiger partial charge in [-0.15, -0.1) is 0 Å². The largest absolute Gasteiger partial charge is 0.368 e. The number of rotatable bonds is 4. The van der Waals surface area contributed by atoms with Gasteiger partial charge in [0, 0.05) is 43.1 Å². The third kappa shape index (κ3) is 4.47. The van der Waals surface area contributed by atoms with Gasteiger partial charge in [0.1, 0.15) is 0 Å². The van der Waals surface area contributed by atoms with Gasteiger partial charge in [-0.25, -0.2) is 0 Å². The van der Waals surface area contributed by atoms with Crippen molar-refractivity contribution in [2.45, 2.75) is 0 Å². The minimum absolute atomic E-state index is 0.0285. The van der Waals surface area contributed by atoms with E-state index < -0.39 is 0 Å². The van der Waals surface area contributed by atoms with Crippen LogP contribution in [0.4, 0.5) is 11.4 Å². The Hall–Kier alpha value is -3.31.